The molecule has 0 aliphatic carbocycles. The second kappa shape index (κ2) is 6.41. The number of hydrogen-bond acceptors (Lipinski definition) is 3. The molecule has 0 amide bonds. The fourth-order valence-electron chi connectivity index (χ4n) is 0.381. The van der Waals surface area contributed by atoms with Crippen LogP contribution >= 0.6 is 20.6 Å². The molecule has 1 atom stereocenters. The van der Waals surface area contributed by atoms with Crippen LogP contribution in [0.4, 0.5) is 0 Å². The summed E-state index contributed by atoms with van der Waals surface area (Å²) in [6.45, 7) is 3.98. The van der Waals surface area contributed by atoms with E-state index in [4.69, 9.17) is 9.84 Å². The van der Waals surface area contributed by atoms with Gasteiger partial charge in [0.15, 0.2) is 0 Å². The summed E-state index contributed by atoms with van der Waals surface area (Å²) < 4.78 is 5.31. The smallest absolute Gasteiger partial charge is 0.0692 e. The van der Waals surface area contributed by atoms with Crippen molar-refractivity contribution in [2.45, 2.75) is 20.0 Å². The van der Waals surface area contributed by atoms with Crippen LogP contribution < -0.4 is 0 Å². The van der Waals surface area contributed by atoms with E-state index in [1.807, 2.05) is 13.8 Å². The first-order valence-corrected chi connectivity index (χ1v) is 5.79. The minimum absolute atomic E-state index is 0.228. The number of rotatable bonds is 5. The van der Waals surface area contributed by atoms with E-state index in [9.17, 15) is 0 Å². The summed E-state index contributed by atoms with van der Waals surface area (Å²) in [5, 5.41) is 8.74. The van der Waals surface area contributed by atoms with Gasteiger partial charge in [-0.3, -0.25) is 0 Å². The van der Waals surface area contributed by atoms with Crippen molar-refractivity contribution < 1.29 is 9.84 Å². The van der Waals surface area contributed by atoms with Gasteiger partial charge < -0.3 is 9.84 Å². The average Bonchev–Trinajstić information content (AvgIpc) is 1.90. The second-order valence-corrected chi connectivity index (χ2v) is 5.31. The minimum atomic E-state index is -0.391. The van der Waals surface area contributed by atoms with E-state index in [0.29, 0.717) is 6.35 Å². The lowest BCUT2D eigenvalue weighted by atomic mass is 10.5. The van der Waals surface area contributed by atoms with E-state index in [1.54, 1.807) is 0 Å². The lowest BCUT2D eigenvalue weighted by molar-refractivity contribution is 0.116. The Morgan fingerprint density at radius 1 is 1.60 bits per heavy atom. The maximum absolute atomic E-state index is 8.74. The van der Waals surface area contributed by atoms with Crippen LogP contribution in [0.5, 0.6) is 0 Å². The molecule has 0 radical (unpaired) electrons. The van der Waals surface area contributed by atoms with E-state index in [1.165, 1.54) is 0 Å². The van der Waals surface area contributed by atoms with Crippen molar-refractivity contribution in [1.82, 2.24) is 0 Å². The predicted molar refractivity (Wildman–Crippen MR) is 48.9 cm³/mol. The minimum Gasteiger partial charge on any atom is -0.392 e. The molecule has 1 unspecified atom stereocenters. The number of hydrogen-bond donors (Lipinski definition) is 2. The first kappa shape index (κ1) is 10.7. The zero-order chi connectivity index (χ0) is 7.98. The molecule has 0 aromatic rings. The lowest BCUT2D eigenvalue weighted by Crippen LogP contribution is -2.04. The molecule has 0 aliphatic rings. The number of aliphatic hydroxyl groups is 1. The number of aliphatic hydroxyl groups excluding tert-OH is 1. The third-order valence-corrected chi connectivity index (χ3v) is 3.50. The van der Waals surface area contributed by atoms with Crippen molar-refractivity contribution in [2.75, 3.05) is 18.2 Å². The van der Waals surface area contributed by atoms with E-state index in [-0.39, 0.29) is 12.5 Å². The molecule has 0 spiro atoms. The predicted octanol–water partition coefficient (Wildman–Crippen LogP) is 1.69. The van der Waals surface area contributed by atoms with Gasteiger partial charge in [0.25, 0.3) is 0 Å². The van der Waals surface area contributed by atoms with Crippen molar-refractivity contribution in [1.29, 1.82) is 0 Å². The molecule has 10 heavy (non-hydrogen) atoms. The molecular formula is C6H15O2PS. The third-order valence-electron chi connectivity index (χ3n) is 0.990. The largest absolute Gasteiger partial charge is 0.392 e. The van der Waals surface area contributed by atoms with Gasteiger partial charge >= 0.3 is 0 Å². The highest BCUT2D eigenvalue weighted by molar-refractivity contribution is 7.89. The van der Waals surface area contributed by atoms with Gasteiger partial charge in [0.1, 0.15) is 0 Å². The monoisotopic (exact) mass is 182 g/mol. The van der Waals surface area contributed by atoms with Crippen molar-refractivity contribution >= 4 is 20.6 Å². The molecule has 0 saturated carbocycles. The maximum Gasteiger partial charge on any atom is 0.0692 e. The summed E-state index contributed by atoms with van der Waals surface area (Å²) in [5.41, 5.74) is 0.749. The summed E-state index contributed by atoms with van der Waals surface area (Å²) in [5.74, 6) is 0. The normalized spacial score (nSPS) is 14.1. The Labute approximate surface area is 69.1 Å². The van der Waals surface area contributed by atoms with Gasteiger partial charge in [0.05, 0.1) is 18.8 Å². The Morgan fingerprint density at radius 2 is 2.20 bits per heavy atom. The first-order chi connectivity index (χ1) is 4.70. The maximum atomic E-state index is 8.74. The molecule has 0 aromatic heterocycles. The van der Waals surface area contributed by atoms with Crippen LogP contribution in [-0.2, 0) is 4.74 Å². The van der Waals surface area contributed by atoms with Crippen molar-refractivity contribution in [3.63, 3.8) is 0 Å². The van der Waals surface area contributed by atoms with Crippen molar-refractivity contribution in [3.05, 3.63) is 0 Å². The molecule has 0 heterocycles. The van der Waals surface area contributed by atoms with Gasteiger partial charge in [-0.2, -0.15) is 12.6 Å². The lowest BCUT2D eigenvalue weighted by Gasteiger charge is -2.13. The Morgan fingerprint density at radius 3 is 2.50 bits per heavy atom. The molecular weight excluding hydrogens is 167 g/mol. The fraction of sp³-hybridized carbons (Fsp3) is 1.00. The quantitative estimate of drug-likeness (QED) is 0.500. The van der Waals surface area contributed by atoms with Gasteiger partial charge in [0.2, 0.25) is 0 Å². The first-order valence-electron chi connectivity index (χ1n) is 3.26. The van der Waals surface area contributed by atoms with Crippen LogP contribution in [0, 0.1) is 0 Å². The highest BCUT2D eigenvalue weighted by atomic mass is 32.1. The highest BCUT2D eigenvalue weighted by Crippen LogP contribution is 2.34. The molecule has 0 aromatic carbocycles. The van der Waals surface area contributed by atoms with Gasteiger partial charge in [-0.15, -0.1) is 0 Å². The second-order valence-electron chi connectivity index (χ2n) is 2.30. The molecule has 2 nitrogen and oxygen atoms in total. The van der Waals surface area contributed by atoms with Crippen LogP contribution in [0.25, 0.3) is 0 Å². The fourth-order valence-corrected chi connectivity index (χ4v) is 1.66. The summed E-state index contributed by atoms with van der Waals surface area (Å²) in [6, 6.07) is 0. The highest BCUT2D eigenvalue weighted by Gasteiger charge is 2.04. The van der Waals surface area contributed by atoms with Crippen LogP contribution in [0.1, 0.15) is 13.8 Å². The molecule has 0 rings (SSSR count). The molecule has 0 aliphatic heterocycles. The van der Waals surface area contributed by atoms with Crippen LogP contribution in [0.3, 0.4) is 0 Å². The van der Waals surface area contributed by atoms with Crippen LogP contribution in [-0.4, -0.2) is 29.4 Å². The molecule has 1 N–H and O–H groups in total. The Hall–Kier alpha value is 0.700. The van der Waals surface area contributed by atoms with Crippen molar-refractivity contribution in [2.24, 2.45) is 0 Å². The molecule has 4 heteroatoms. The third kappa shape index (κ3) is 5.48. The summed E-state index contributed by atoms with van der Waals surface area (Å²) >= 11 is 4.09. The van der Waals surface area contributed by atoms with E-state index < -0.39 is 7.92 Å². The van der Waals surface area contributed by atoms with Gasteiger partial charge in [-0.1, -0.05) is 0 Å². The van der Waals surface area contributed by atoms with Gasteiger partial charge in [-0.05, 0) is 21.8 Å². The molecule has 0 bridgehead atoms. The zero-order valence-electron chi connectivity index (χ0n) is 6.45. The van der Waals surface area contributed by atoms with Gasteiger partial charge in [0, 0.05) is 5.49 Å². The summed E-state index contributed by atoms with van der Waals surface area (Å²) in [6.07, 6.45) is 1.16. The van der Waals surface area contributed by atoms with Crippen LogP contribution in [0.15, 0.2) is 0 Å². The van der Waals surface area contributed by atoms with E-state index in [0.717, 1.165) is 5.49 Å². The van der Waals surface area contributed by atoms with E-state index in [2.05, 4.69) is 12.6 Å². The zero-order valence-corrected chi connectivity index (χ0v) is 8.24. The van der Waals surface area contributed by atoms with Gasteiger partial charge in [-0.25, -0.2) is 0 Å². The van der Waals surface area contributed by atoms with Crippen LogP contribution in [0.2, 0.25) is 0 Å². The standard InChI is InChI=1S/C6H15O2PS/c1-6(2)8-4-9(3-7)5-10/h6-7,10H,3-5H2,1-2H3. The number of ether oxygens (including phenoxy) is 1. The number of thiol groups is 1. The molecule has 62 valence electrons. The average molecular weight is 182 g/mol. The Kier molecular flexibility index (Phi) is 6.86. The Bertz CT molecular complexity index is 76.1. The summed E-state index contributed by atoms with van der Waals surface area (Å²) in [7, 11) is -0.391. The topological polar surface area (TPSA) is 29.5 Å². The van der Waals surface area contributed by atoms with Crippen molar-refractivity contribution in [3.8, 4) is 0 Å². The summed E-state index contributed by atoms with van der Waals surface area (Å²) in [4.78, 5) is 0. The molecule has 0 fully saturated rings. The Balaban J connectivity index is 3.26. The van der Waals surface area contributed by atoms with E-state index >= 15 is 0 Å². The molecule has 0 saturated heterocycles. The SMILES string of the molecule is CC(C)OCP(CO)CS.